The molecule has 10 nitrogen and oxygen atoms in total. The SMILES string of the molecule is Cc1ccc2oc(N3CCN(C(=O)c4cnc(-c5cn[nH]n5)c(F)c4)CC3)nc2n1. The van der Waals surface area contributed by atoms with Gasteiger partial charge in [-0.3, -0.25) is 9.78 Å². The maximum absolute atomic E-state index is 14.4. The van der Waals surface area contributed by atoms with Gasteiger partial charge in [0, 0.05) is 38.1 Å². The second-order valence-corrected chi connectivity index (χ2v) is 6.96. The molecule has 1 saturated heterocycles. The molecule has 0 radical (unpaired) electrons. The molecule has 4 aromatic heterocycles. The minimum atomic E-state index is -0.623. The van der Waals surface area contributed by atoms with Gasteiger partial charge in [0.25, 0.3) is 11.9 Å². The molecule has 11 heteroatoms. The smallest absolute Gasteiger partial charge is 0.300 e. The van der Waals surface area contributed by atoms with Crippen LogP contribution in [-0.2, 0) is 0 Å². The standard InChI is InChI=1S/C19H17FN8O2/c1-11-2-3-15-17(23-11)24-19(30-15)28-6-4-27(5-7-28)18(29)12-8-13(20)16(21-9-12)14-10-22-26-25-14/h2-3,8-10H,4-7H2,1H3,(H,22,25,26). The van der Waals surface area contributed by atoms with E-state index in [9.17, 15) is 9.18 Å². The van der Waals surface area contributed by atoms with Gasteiger partial charge in [-0.15, -0.1) is 0 Å². The number of aromatic amines is 1. The number of piperazine rings is 1. The van der Waals surface area contributed by atoms with E-state index >= 15 is 0 Å². The van der Waals surface area contributed by atoms with Crippen molar-refractivity contribution in [2.75, 3.05) is 31.1 Å². The van der Waals surface area contributed by atoms with E-state index in [1.165, 1.54) is 18.5 Å². The van der Waals surface area contributed by atoms with Crippen LogP contribution < -0.4 is 4.90 Å². The van der Waals surface area contributed by atoms with Crippen LogP contribution >= 0.6 is 0 Å². The Hall–Kier alpha value is -3.89. The van der Waals surface area contributed by atoms with E-state index in [1.54, 1.807) is 4.90 Å². The summed E-state index contributed by atoms with van der Waals surface area (Å²) in [5, 5.41) is 9.86. The van der Waals surface area contributed by atoms with Crippen molar-refractivity contribution in [1.82, 2.24) is 35.3 Å². The van der Waals surface area contributed by atoms with Crippen molar-refractivity contribution in [2.45, 2.75) is 6.92 Å². The second kappa shape index (κ2) is 7.17. The number of carbonyl (C=O) groups is 1. The van der Waals surface area contributed by atoms with Gasteiger partial charge in [-0.05, 0) is 25.1 Å². The Labute approximate surface area is 169 Å². The van der Waals surface area contributed by atoms with Gasteiger partial charge < -0.3 is 14.2 Å². The number of fused-ring (bicyclic) bond motifs is 1. The van der Waals surface area contributed by atoms with Gasteiger partial charge in [-0.25, -0.2) is 9.37 Å². The first kappa shape index (κ1) is 18.2. The van der Waals surface area contributed by atoms with Crippen molar-refractivity contribution < 1.29 is 13.6 Å². The summed E-state index contributed by atoms with van der Waals surface area (Å²) < 4.78 is 20.2. The van der Waals surface area contributed by atoms with E-state index in [0.29, 0.717) is 43.4 Å². The van der Waals surface area contributed by atoms with Crippen molar-refractivity contribution in [1.29, 1.82) is 0 Å². The number of carbonyl (C=O) groups excluding carboxylic acids is 1. The Morgan fingerprint density at radius 2 is 2.00 bits per heavy atom. The quantitative estimate of drug-likeness (QED) is 0.546. The summed E-state index contributed by atoms with van der Waals surface area (Å²) in [4.78, 5) is 29.3. The number of aromatic nitrogens is 6. The van der Waals surface area contributed by atoms with Gasteiger partial charge in [-0.1, -0.05) is 0 Å². The molecule has 5 heterocycles. The number of nitrogens with one attached hydrogen (secondary N) is 1. The molecule has 1 fully saturated rings. The molecule has 0 aromatic carbocycles. The Morgan fingerprint density at radius 1 is 1.17 bits per heavy atom. The fourth-order valence-corrected chi connectivity index (χ4v) is 3.38. The average molecular weight is 408 g/mol. The normalized spacial score (nSPS) is 14.5. The molecule has 0 aliphatic carbocycles. The van der Waals surface area contributed by atoms with Crippen LogP contribution in [-0.4, -0.2) is 67.3 Å². The van der Waals surface area contributed by atoms with Crippen LogP contribution in [0.3, 0.4) is 0 Å². The highest BCUT2D eigenvalue weighted by atomic mass is 19.1. The van der Waals surface area contributed by atoms with Gasteiger partial charge in [0.2, 0.25) is 5.65 Å². The van der Waals surface area contributed by atoms with Crippen LogP contribution in [0.5, 0.6) is 0 Å². The Balaban J connectivity index is 1.28. The lowest BCUT2D eigenvalue weighted by atomic mass is 10.2. The number of oxazole rings is 1. The molecule has 1 aliphatic rings. The Bertz CT molecular complexity index is 1210. The first-order valence-electron chi connectivity index (χ1n) is 9.38. The molecular weight excluding hydrogens is 391 g/mol. The summed E-state index contributed by atoms with van der Waals surface area (Å²) in [6, 6.07) is 5.38. The lowest BCUT2D eigenvalue weighted by molar-refractivity contribution is 0.0744. The highest BCUT2D eigenvalue weighted by molar-refractivity contribution is 5.94. The van der Waals surface area contributed by atoms with Crippen molar-refractivity contribution in [2.24, 2.45) is 0 Å². The van der Waals surface area contributed by atoms with E-state index in [0.717, 1.165) is 5.69 Å². The zero-order valence-corrected chi connectivity index (χ0v) is 16.0. The number of H-pyrrole nitrogens is 1. The zero-order chi connectivity index (χ0) is 20.7. The molecule has 0 spiro atoms. The second-order valence-electron chi connectivity index (χ2n) is 6.96. The van der Waals surface area contributed by atoms with Crippen molar-refractivity contribution in [3.63, 3.8) is 0 Å². The summed E-state index contributed by atoms with van der Waals surface area (Å²) in [5.41, 5.74) is 2.58. The largest absolute Gasteiger partial charge is 0.422 e. The number of hydrogen-bond donors (Lipinski definition) is 1. The zero-order valence-electron chi connectivity index (χ0n) is 16.0. The monoisotopic (exact) mass is 408 g/mol. The maximum Gasteiger partial charge on any atom is 0.300 e. The van der Waals surface area contributed by atoms with Crippen LogP contribution in [0.15, 0.2) is 35.0 Å². The summed E-state index contributed by atoms with van der Waals surface area (Å²) in [6.07, 6.45) is 2.73. The predicted molar refractivity (Wildman–Crippen MR) is 104 cm³/mol. The summed E-state index contributed by atoms with van der Waals surface area (Å²) in [7, 11) is 0. The molecule has 4 aromatic rings. The molecule has 0 bridgehead atoms. The minimum absolute atomic E-state index is 0.0462. The highest BCUT2D eigenvalue weighted by Gasteiger charge is 2.26. The van der Waals surface area contributed by atoms with Gasteiger partial charge in [0.1, 0.15) is 11.4 Å². The van der Waals surface area contributed by atoms with Gasteiger partial charge in [0.15, 0.2) is 11.4 Å². The number of anilines is 1. The minimum Gasteiger partial charge on any atom is -0.422 e. The fourth-order valence-electron chi connectivity index (χ4n) is 3.38. The third-order valence-corrected chi connectivity index (χ3v) is 4.96. The number of pyridine rings is 2. The van der Waals surface area contributed by atoms with Crippen LogP contribution in [0, 0.1) is 12.7 Å². The summed E-state index contributed by atoms with van der Waals surface area (Å²) >= 11 is 0. The van der Waals surface area contributed by atoms with Crippen LogP contribution in [0.1, 0.15) is 16.1 Å². The molecule has 0 saturated carbocycles. The molecular formula is C19H17FN8O2. The number of nitrogens with zero attached hydrogens (tertiary/aromatic N) is 7. The number of amides is 1. The fraction of sp³-hybridized carbons (Fsp3) is 0.263. The van der Waals surface area contributed by atoms with Crippen LogP contribution in [0.2, 0.25) is 0 Å². The lowest BCUT2D eigenvalue weighted by Crippen LogP contribution is -2.49. The molecule has 1 amide bonds. The van der Waals surface area contributed by atoms with Crippen molar-refractivity contribution >= 4 is 23.2 Å². The van der Waals surface area contributed by atoms with Crippen molar-refractivity contribution in [3.8, 4) is 11.4 Å². The van der Waals surface area contributed by atoms with E-state index < -0.39 is 5.82 Å². The molecule has 0 unspecified atom stereocenters. The van der Waals surface area contributed by atoms with Gasteiger partial charge in [0.05, 0.1) is 11.8 Å². The predicted octanol–water partition coefficient (Wildman–Crippen LogP) is 1.81. The number of rotatable bonds is 3. The highest BCUT2D eigenvalue weighted by Crippen LogP contribution is 2.23. The third kappa shape index (κ3) is 3.23. The Morgan fingerprint density at radius 3 is 2.73 bits per heavy atom. The van der Waals surface area contributed by atoms with E-state index in [-0.39, 0.29) is 22.9 Å². The first-order valence-corrected chi connectivity index (χ1v) is 9.38. The third-order valence-electron chi connectivity index (χ3n) is 4.96. The van der Waals surface area contributed by atoms with E-state index in [1.807, 2.05) is 24.0 Å². The summed E-state index contributed by atoms with van der Waals surface area (Å²) in [6.45, 7) is 3.90. The average Bonchev–Trinajstić information content (AvgIpc) is 3.43. The number of hydrogen-bond acceptors (Lipinski definition) is 8. The maximum atomic E-state index is 14.4. The van der Waals surface area contributed by atoms with Crippen molar-refractivity contribution in [3.05, 3.63) is 47.7 Å². The first-order chi connectivity index (χ1) is 14.6. The molecule has 152 valence electrons. The van der Waals surface area contributed by atoms with Crippen LogP contribution in [0.25, 0.3) is 22.6 Å². The molecule has 30 heavy (non-hydrogen) atoms. The van der Waals surface area contributed by atoms with E-state index in [4.69, 9.17) is 4.42 Å². The number of halogens is 1. The molecule has 1 N–H and O–H groups in total. The van der Waals surface area contributed by atoms with E-state index in [2.05, 4.69) is 30.4 Å². The number of aryl methyl sites for hydroxylation is 1. The van der Waals surface area contributed by atoms with Gasteiger partial charge >= 0.3 is 0 Å². The molecule has 5 rings (SSSR count). The molecule has 0 atom stereocenters. The topological polar surface area (TPSA) is 117 Å². The summed E-state index contributed by atoms with van der Waals surface area (Å²) in [5.74, 6) is -0.898. The Kier molecular flexibility index (Phi) is 4.34. The molecule has 1 aliphatic heterocycles. The lowest BCUT2D eigenvalue weighted by Gasteiger charge is -2.33. The van der Waals surface area contributed by atoms with Crippen LogP contribution in [0.4, 0.5) is 10.4 Å². The van der Waals surface area contributed by atoms with Gasteiger partial charge in [-0.2, -0.15) is 20.4 Å².